The number of nitrogens with two attached hydrogens (primary N) is 1. The van der Waals surface area contributed by atoms with E-state index in [1.54, 1.807) is 18.3 Å². The number of carbonyl (C=O) groups excluding carboxylic acids is 1. The second-order valence-corrected chi connectivity index (χ2v) is 4.40. The van der Waals surface area contributed by atoms with Crippen molar-refractivity contribution in [3.05, 3.63) is 59.4 Å². The van der Waals surface area contributed by atoms with Gasteiger partial charge in [0.25, 0.3) is 5.91 Å². The first-order valence-corrected chi connectivity index (χ1v) is 6.79. The number of para-hydroxylation sites is 1. The average Bonchev–Trinajstić information content (AvgIpc) is 2.54. The third kappa shape index (κ3) is 3.91. The summed E-state index contributed by atoms with van der Waals surface area (Å²) in [5, 5.41) is 2.88. The zero-order valence-corrected chi connectivity index (χ0v) is 11.9. The van der Waals surface area contributed by atoms with Crippen LogP contribution in [0.1, 0.15) is 28.5 Å². The highest BCUT2D eigenvalue weighted by molar-refractivity contribution is 6.03. The van der Waals surface area contributed by atoms with Crippen LogP contribution in [-0.2, 0) is 6.42 Å². The van der Waals surface area contributed by atoms with Crippen molar-refractivity contribution >= 4 is 11.6 Å². The molecule has 0 fully saturated rings. The molecule has 106 valence electrons. The summed E-state index contributed by atoms with van der Waals surface area (Å²) in [5.41, 5.74) is 8.32. The summed E-state index contributed by atoms with van der Waals surface area (Å²) in [5.74, 6) is 5.39. The van der Waals surface area contributed by atoms with Gasteiger partial charge in [-0.1, -0.05) is 37.0 Å². The van der Waals surface area contributed by atoms with Crippen molar-refractivity contribution < 1.29 is 4.79 Å². The van der Waals surface area contributed by atoms with E-state index < -0.39 is 0 Å². The quantitative estimate of drug-likeness (QED) is 0.846. The minimum atomic E-state index is -0.228. The van der Waals surface area contributed by atoms with Gasteiger partial charge in [-0.15, -0.1) is 0 Å². The average molecular weight is 279 g/mol. The van der Waals surface area contributed by atoms with E-state index in [2.05, 4.69) is 22.1 Å². The summed E-state index contributed by atoms with van der Waals surface area (Å²) >= 11 is 0. The third-order valence-electron chi connectivity index (χ3n) is 2.98. The Hall–Kier alpha value is -2.64. The Bertz CT molecular complexity index is 681. The first kappa shape index (κ1) is 14.8. The molecule has 1 aromatic carbocycles. The summed E-state index contributed by atoms with van der Waals surface area (Å²) in [6, 6.07) is 11.2. The number of aromatic nitrogens is 1. The van der Waals surface area contributed by atoms with Gasteiger partial charge in [-0.25, -0.2) is 4.98 Å². The molecule has 0 aliphatic carbocycles. The van der Waals surface area contributed by atoms with Crippen molar-refractivity contribution in [3.63, 3.8) is 0 Å². The van der Waals surface area contributed by atoms with Gasteiger partial charge in [0.2, 0.25) is 0 Å². The molecule has 0 spiro atoms. The maximum Gasteiger partial charge on any atom is 0.274 e. The molecule has 21 heavy (non-hydrogen) atoms. The minimum absolute atomic E-state index is 0.228. The highest BCUT2D eigenvalue weighted by atomic mass is 16.1. The molecule has 4 nitrogen and oxygen atoms in total. The second kappa shape index (κ2) is 7.22. The van der Waals surface area contributed by atoms with E-state index in [0.29, 0.717) is 12.2 Å². The molecule has 4 heteroatoms. The number of nitrogens with one attached hydrogen (secondary N) is 1. The molecule has 0 unspecified atom stereocenters. The van der Waals surface area contributed by atoms with Gasteiger partial charge < -0.3 is 11.1 Å². The standard InChI is InChI=1S/C17H17N3O/c1-2-14-7-3-4-8-15(14)20-17(21)16-10-9-13(12-19-16)6-5-11-18/h3-4,7-10,12H,2,11,18H2,1H3,(H,20,21). The van der Waals surface area contributed by atoms with Gasteiger partial charge in [-0.2, -0.15) is 0 Å². The van der Waals surface area contributed by atoms with E-state index in [-0.39, 0.29) is 5.91 Å². The topological polar surface area (TPSA) is 68.0 Å². The molecule has 0 aliphatic rings. The van der Waals surface area contributed by atoms with Gasteiger partial charge >= 0.3 is 0 Å². The van der Waals surface area contributed by atoms with Crippen LogP contribution < -0.4 is 11.1 Å². The minimum Gasteiger partial charge on any atom is -0.320 e. The number of rotatable bonds is 3. The lowest BCUT2D eigenvalue weighted by Gasteiger charge is -2.09. The Kier molecular flexibility index (Phi) is 5.08. The largest absolute Gasteiger partial charge is 0.320 e. The number of amides is 1. The number of pyridine rings is 1. The van der Waals surface area contributed by atoms with Gasteiger partial charge in [0.1, 0.15) is 5.69 Å². The normalized spacial score (nSPS) is 9.62. The molecule has 1 heterocycles. The van der Waals surface area contributed by atoms with Crippen LogP contribution in [0.5, 0.6) is 0 Å². The van der Waals surface area contributed by atoms with Crippen molar-refractivity contribution in [2.75, 3.05) is 11.9 Å². The number of hydrogen-bond donors (Lipinski definition) is 2. The molecular formula is C17H17N3O. The van der Waals surface area contributed by atoms with Crippen molar-refractivity contribution in [2.45, 2.75) is 13.3 Å². The molecule has 0 bridgehead atoms. The van der Waals surface area contributed by atoms with E-state index in [1.807, 2.05) is 31.2 Å². The van der Waals surface area contributed by atoms with Gasteiger partial charge in [0.05, 0.1) is 6.54 Å². The van der Waals surface area contributed by atoms with Crippen LogP contribution in [0.2, 0.25) is 0 Å². The maximum absolute atomic E-state index is 12.2. The number of aryl methyl sites for hydroxylation is 1. The molecule has 2 aromatic rings. The monoisotopic (exact) mass is 279 g/mol. The van der Waals surface area contributed by atoms with Gasteiger partial charge in [-0.05, 0) is 30.2 Å². The van der Waals surface area contributed by atoms with Gasteiger partial charge in [-0.3, -0.25) is 4.79 Å². The van der Waals surface area contributed by atoms with Crippen molar-refractivity contribution in [3.8, 4) is 11.8 Å². The highest BCUT2D eigenvalue weighted by Crippen LogP contribution is 2.16. The number of anilines is 1. The summed E-state index contributed by atoms with van der Waals surface area (Å²) in [7, 11) is 0. The van der Waals surface area contributed by atoms with Crippen LogP contribution in [0.15, 0.2) is 42.6 Å². The van der Waals surface area contributed by atoms with Crippen LogP contribution in [0.4, 0.5) is 5.69 Å². The van der Waals surface area contributed by atoms with E-state index in [0.717, 1.165) is 23.2 Å². The fraction of sp³-hybridized carbons (Fsp3) is 0.176. The Morgan fingerprint density at radius 1 is 1.29 bits per heavy atom. The van der Waals surface area contributed by atoms with Crippen molar-refractivity contribution in [2.24, 2.45) is 5.73 Å². The molecule has 3 N–H and O–H groups in total. The zero-order valence-electron chi connectivity index (χ0n) is 11.9. The number of benzene rings is 1. The fourth-order valence-electron chi connectivity index (χ4n) is 1.89. The summed E-state index contributed by atoms with van der Waals surface area (Å²) in [6.07, 6.45) is 2.43. The number of carbonyl (C=O) groups is 1. The third-order valence-corrected chi connectivity index (χ3v) is 2.98. The molecule has 1 aromatic heterocycles. The molecule has 0 radical (unpaired) electrons. The predicted molar refractivity (Wildman–Crippen MR) is 83.9 cm³/mol. The van der Waals surface area contributed by atoms with Crippen LogP contribution in [0.25, 0.3) is 0 Å². The van der Waals surface area contributed by atoms with Crippen LogP contribution >= 0.6 is 0 Å². The smallest absolute Gasteiger partial charge is 0.274 e. The molecule has 1 amide bonds. The van der Waals surface area contributed by atoms with Crippen molar-refractivity contribution in [1.29, 1.82) is 0 Å². The molecule has 0 aliphatic heterocycles. The highest BCUT2D eigenvalue weighted by Gasteiger charge is 2.09. The molecule has 0 atom stereocenters. The Balaban J connectivity index is 2.13. The Morgan fingerprint density at radius 2 is 2.10 bits per heavy atom. The number of hydrogen-bond acceptors (Lipinski definition) is 3. The lowest BCUT2D eigenvalue weighted by atomic mass is 10.1. The lowest BCUT2D eigenvalue weighted by Crippen LogP contribution is -2.14. The van der Waals surface area contributed by atoms with Gasteiger partial charge in [0, 0.05) is 17.4 Å². The summed E-state index contributed by atoms with van der Waals surface area (Å²) in [6.45, 7) is 2.35. The SMILES string of the molecule is CCc1ccccc1NC(=O)c1ccc(C#CCN)cn1. The van der Waals surface area contributed by atoms with Crippen LogP contribution in [0.3, 0.4) is 0 Å². The van der Waals surface area contributed by atoms with Crippen LogP contribution in [-0.4, -0.2) is 17.4 Å². The first-order valence-electron chi connectivity index (χ1n) is 6.79. The molecule has 2 rings (SSSR count). The van der Waals surface area contributed by atoms with Gasteiger partial charge in [0.15, 0.2) is 0 Å². The first-order chi connectivity index (χ1) is 10.2. The van der Waals surface area contributed by atoms with E-state index in [4.69, 9.17) is 5.73 Å². The van der Waals surface area contributed by atoms with Crippen molar-refractivity contribution in [1.82, 2.24) is 4.98 Å². The Morgan fingerprint density at radius 3 is 2.76 bits per heavy atom. The predicted octanol–water partition coefficient (Wildman–Crippen LogP) is 2.21. The summed E-state index contributed by atoms with van der Waals surface area (Å²) in [4.78, 5) is 16.3. The second-order valence-electron chi connectivity index (χ2n) is 4.40. The molecule has 0 saturated carbocycles. The fourth-order valence-corrected chi connectivity index (χ4v) is 1.89. The molecule has 0 saturated heterocycles. The van der Waals surface area contributed by atoms with E-state index in [9.17, 15) is 4.79 Å². The summed E-state index contributed by atoms with van der Waals surface area (Å²) < 4.78 is 0. The lowest BCUT2D eigenvalue weighted by molar-refractivity contribution is 0.102. The molecular weight excluding hydrogens is 262 g/mol. The Labute approximate surface area is 124 Å². The van der Waals surface area contributed by atoms with Crippen LogP contribution in [0, 0.1) is 11.8 Å². The maximum atomic E-state index is 12.2. The van der Waals surface area contributed by atoms with E-state index in [1.165, 1.54) is 0 Å². The number of nitrogens with zero attached hydrogens (tertiary/aromatic N) is 1. The zero-order chi connectivity index (χ0) is 15.1. The van der Waals surface area contributed by atoms with E-state index >= 15 is 0 Å².